The van der Waals surface area contributed by atoms with Crippen LogP contribution in [0.25, 0.3) is 5.69 Å². The summed E-state index contributed by atoms with van der Waals surface area (Å²) in [5, 5.41) is 7.15. The Morgan fingerprint density at radius 3 is 2.42 bits per heavy atom. The van der Waals surface area contributed by atoms with E-state index < -0.39 is 0 Å². The number of amides is 2. The van der Waals surface area contributed by atoms with Crippen molar-refractivity contribution in [1.82, 2.24) is 20.0 Å². The predicted octanol–water partition coefficient (Wildman–Crippen LogP) is 2.17. The Kier molecular flexibility index (Phi) is 5.07. The fourth-order valence-electron chi connectivity index (χ4n) is 2.40. The molecule has 0 saturated heterocycles. The molecule has 24 heavy (non-hydrogen) atoms. The average Bonchev–Trinajstić information content (AvgIpc) is 2.87. The lowest BCUT2D eigenvalue weighted by Gasteiger charge is -2.23. The van der Waals surface area contributed by atoms with Gasteiger partial charge in [-0.1, -0.05) is 18.2 Å². The number of nitrogens with one attached hydrogen (secondary N) is 1. The lowest BCUT2D eigenvalue weighted by Crippen LogP contribution is -2.46. The van der Waals surface area contributed by atoms with E-state index in [1.807, 2.05) is 58.0 Å². The van der Waals surface area contributed by atoms with Crippen LogP contribution in [0.2, 0.25) is 0 Å². The van der Waals surface area contributed by atoms with E-state index in [1.54, 1.807) is 17.9 Å². The third-order valence-electron chi connectivity index (χ3n) is 3.48. The van der Waals surface area contributed by atoms with Crippen LogP contribution in [-0.4, -0.2) is 45.6 Å². The first-order valence-corrected chi connectivity index (χ1v) is 7.85. The quantitative estimate of drug-likeness (QED) is 0.935. The first-order chi connectivity index (χ1) is 11.2. The minimum absolute atomic E-state index is 0.00601. The van der Waals surface area contributed by atoms with Crippen molar-refractivity contribution < 1.29 is 9.59 Å². The molecule has 0 unspecified atom stereocenters. The molecule has 0 aliphatic carbocycles. The van der Waals surface area contributed by atoms with Crippen LogP contribution in [0.4, 0.5) is 0 Å². The molecular weight excluding hydrogens is 304 g/mol. The van der Waals surface area contributed by atoms with Gasteiger partial charge in [0, 0.05) is 12.6 Å². The Balaban J connectivity index is 2.13. The summed E-state index contributed by atoms with van der Waals surface area (Å²) in [5.74, 6) is -0.412. The number of carbonyl (C=O) groups is 2. The molecule has 0 radical (unpaired) electrons. The second-order valence-electron chi connectivity index (χ2n) is 6.85. The summed E-state index contributed by atoms with van der Waals surface area (Å²) in [6, 6.07) is 9.61. The molecule has 2 rings (SSSR count). The van der Waals surface area contributed by atoms with Crippen molar-refractivity contribution in [1.29, 1.82) is 0 Å². The second-order valence-corrected chi connectivity index (χ2v) is 6.85. The van der Waals surface area contributed by atoms with E-state index in [9.17, 15) is 9.59 Å². The average molecular weight is 328 g/mol. The highest BCUT2D eigenvalue weighted by Crippen LogP contribution is 2.15. The fraction of sp³-hybridized carbons (Fsp3) is 0.389. The summed E-state index contributed by atoms with van der Waals surface area (Å²) in [6.07, 6.45) is 1.54. The molecule has 0 bridgehead atoms. The molecule has 1 N–H and O–H groups in total. The summed E-state index contributed by atoms with van der Waals surface area (Å²) in [6.45, 7) is 7.56. The molecule has 0 spiro atoms. The van der Waals surface area contributed by atoms with Crippen LogP contribution in [0.1, 0.15) is 36.8 Å². The van der Waals surface area contributed by atoms with Crippen molar-refractivity contribution in [2.75, 3.05) is 13.6 Å². The Hall–Kier alpha value is -2.63. The number of nitrogens with zero attached hydrogens (tertiary/aromatic N) is 3. The Labute approximate surface area is 142 Å². The number of hydrogen-bond acceptors (Lipinski definition) is 3. The van der Waals surface area contributed by atoms with E-state index in [1.165, 1.54) is 4.90 Å². The molecule has 0 saturated carbocycles. The third-order valence-corrected chi connectivity index (χ3v) is 3.48. The van der Waals surface area contributed by atoms with E-state index in [4.69, 9.17) is 0 Å². The highest BCUT2D eigenvalue weighted by molar-refractivity contribution is 5.97. The van der Waals surface area contributed by atoms with E-state index in [0.717, 1.165) is 11.4 Å². The topological polar surface area (TPSA) is 67.2 Å². The van der Waals surface area contributed by atoms with Crippen molar-refractivity contribution in [3.8, 4) is 5.69 Å². The van der Waals surface area contributed by atoms with Crippen LogP contribution in [0.5, 0.6) is 0 Å². The lowest BCUT2D eigenvalue weighted by atomic mass is 10.1. The number of carbonyl (C=O) groups excluding carboxylic acids is 2. The molecule has 128 valence electrons. The number of aromatic nitrogens is 2. The largest absolute Gasteiger partial charge is 0.350 e. The van der Waals surface area contributed by atoms with Gasteiger partial charge in [0.25, 0.3) is 5.91 Å². The number of likely N-dealkylation sites (N-methyl/N-ethyl adjacent to an activating group) is 1. The van der Waals surface area contributed by atoms with Gasteiger partial charge in [-0.25, -0.2) is 4.68 Å². The van der Waals surface area contributed by atoms with Crippen LogP contribution in [0, 0.1) is 6.92 Å². The molecule has 1 heterocycles. The van der Waals surface area contributed by atoms with Crippen LogP contribution in [0.15, 0.2) is 36.5 Å². The Bertz CT molecular complexity index is 729. The predicted molar refractivity (Wildman–Crippen MR) is 93.2 cm³/mol. The Morgan fingerprint density at radius 1 is 1.21 bits per heavy atom. The maximum atomic E-state index is 12.6. The van der Waals surface area contributed by atoms with Gasteiger partial charge in [0.1, 0.15) is 0 Å². The van der Waals surface area contributed by atoms with Gasteiger partial charge in [0.2, 0.25) is 5.91 Å². The molecule has 0 fully saturated rings. The van der Waals surface area contributed by atoms with Crippen molar-refractivity contribution in [3.63, 3.8) is 0 Å². The molecule has 0 atom stereocenters. The van der Waals surface area contributed by atoms with Gasteiger partial charge in [-0.05, 0) is 39.8 Å². The van der Waals surface area contributed by atoms with Crippen LogP contribution < -0.4 is 5.32 Å². The summed E-state index contributed by atoms with van der Waals surface area (Å²) in [4.78, 5) is 26.0. The molecule has 1 aromatic heterocycles. The van der Waals surface area contributed by atoms with Gasteiger partial charge in [-0.3, -0.25) is 9.59 Å². The SMILES string of the molecule is Cc1c(C(=O)N(C)CC(=O)NC(C)(C)C)cnn1-c1ccccc1. The van der Waals surface area contributed by atoms with Gasteiger partial charge in [-0.2, -0.15) is 5.10 Å². The molecule has 0 aliphatic heterocycles. The van der Waals surface area contributed by atoms with Gasteiger partial charge in [0.15, 0.2) is 0 Å². The summed E-state index contributed by atoms with van der Waals surface area (Å²) >= 11 is 0. The van der Waals surface area contributed by atoms with Crippen molar-refractivity contribution in [2.45, 2.75) is 33.2 Å². The molecule has 0 aliphatic rings. The van der Waals surface area contributed by atoms with E-state index >= 15 is 0 Å². The maximum Gasteiger partial charge on any atom is 0.257 e. The van der Waals surface area contributed by atoms with Crippen molar-refractivity contribution in [3.05, 3.63) is 47.8 Å². The maximum absolute atomic E-state index is 12.6. The van der Waals surface area contributed by atoms with E-state index in [2.05, 4.69) is 10.4 Å². The van der Waals surface area contributed by atoms with E-state index in [0.29, 0.717) is 5.56 Å². The van der Waals surface area contributed by atoms with Crippen molar-refractivity contribution in [2.24, 2.45) is 0 Å². The van der Waals surface area contributed by atoms with Gasteiger partial charge in [0.05, 0.1) is 29.7 Å². The number of rotatable bonds is 4. The number of para-hydroxylation sites is 1. The summed E-state index contributed by atoms with van der Waals surface area (Å²) in [7, 11) is 1.61. The van der Waals surface area contributed by atoms with Crippen LogP contribution in [-0.2, 0) is 4.79 Å². The Morgan fingerprint density at radius 2 is 1.83 bits per heavy atom. The summed E-state index contributed by atoms with van der Waals surface area (Å²) < 4.78 is 1.72. The minimum Gasteiger partial charge on any atom is -0.350 e. The molecule has 6 nitrogen and oxygen atoms in total. The van der Waals surface area contributed by atoms with Gasteiger partial charge in [-0.15, -0.1) is 0 Å². The smallest absolute Gasteiger partial charge is 0.257 e. The first-order valence-electron chi connectivity index (χ1n) is 7.85. The van der Waals surface area contributed by atoms with E-state index in [-0.39, 0.29) is 23.9 Å². The van der Waals surface area contributed by atoms with Crippen LogP contribution in [0.3, 0.4) is 0 Å². The molecule has 2 aromatic rings. The van der Waals surface area contributed by atoms with Crippen molar-refractivity contribution >= 4 is 11.8 Å². The van der Waals surface area contributed by atoms with Crippen LogP contribution >= 0.6 is 0 Å². The molecule has 1 aromatic carbocycles. The molecule has 2 amide bonds. The fourth-order valence-corrected chi connectivity index (χ4v) is 2.40. The lowest BCUT2D eigenvalue weighted by molar-refractivity contribution is -0.122. The zero-order valence-electron chi connectivity index (χ0n) is 14.8. The first kappa shape index (κ1) is 17.7. The molecule has 6 heteroatoms. The zero-order valence-corrected chi connectivity index (χ0v) is 14.8. The standard InChI is InChI=1S/C18H24N4O2/c1-13-15(11-19-22(13)14-9-7-6-8-10-14)17(24)21(5)12-16(23)20-18(2,3)4/h6-11H,12H2,1-5H3,(H,20,23). The summed E-state index contributed by atoms with van der Waals surface area (Å²) in [5.41, 5.74) is 1.80. The highest BCUT2D eigenvalue weighted by atomic mass is 16.2. The van der Waals surface area contributed by atoms with Gasteiger partial charge >= 0.3 is 0 Å². The minimum atomic E-state index is -0.324. The third kappa shape index (κ3) is 4.22. The van der Waals surface area contributed by atoms with Gasteiger partial charge < -0.3 is 10.2 Å². The number of benzene rings is 1. The second kappa shape index (κ2) is 6.86. The monoisotopic (exact) mass is 328 g/mol. The normalized spacial score (nSPS) is 11.2. The molecular formula is C18H24N4O2. The zero-order chi connectivity index (χ0) is 17.9. The number of hydrogen-bond donors (Lipinski definition) is 1. The highest BCUT2D eigenvalue weighted by Gasteiger charge is 2.22.